The first-order valence-corrected chi connectivity index (χ1v) is 7.75. The lowest BCUT2D eigenvalue weighted by Gasteiger charge is -2.14. The summed E-state index contributed by atoms with van der Waals surface area (Å²) >= 11 is 3.46. The summed E-state index contributed by atoms with van der Waals surface area (Å²) in [5.41, 5.74) is 3.19. The Labute approximate surface area is 134 Å². The van der Waals surface area contributed by atoms with E-state index in [0.29, 0.717) is 6.54 Å². The van der Waals surface area contributed by atoms with Gasteiger partial charge >= 0.3 is 0 Å². The van der Waals surface area contributed by atoms with Crippen LogP contribution in [0, 0.1) is 6.92 Å². The van der Waals surface area contributed by atoms with Crippen LogP contribution < -0.4 is 10.2 Å². The van der Waals surface area contributed by atoms with Crippen molar-refractivity contribution in [2.75, 3.05) is 18.9 Å². The molecule has 2 N–H and O–H groups in total. The van der Waals surface area contributed by atoms with Gasteiger partial charge in [-0.05, 0) is 30.7 Å². The predicted molar refractivity (Wildman–Crippen MR) is 89.4 cm³/mol. The molecule has 0 bridgehead atoms. The van der Waals surface area contributed by atoms with Crippen molar-refractivity contribution >= 4 is 27.5 Å². The average Bonchev–Trinajstić information content (AvgIpc) is 2.43. The quantitative estimate of drug-likeness (QED) is 0.855. The van der Waals surface area contributed by atoms with E-state index >= 15 is 0 Å². The molecule has 0 aliphatic rings. The van der Waals surface area contributed by atoms with Gasteiger partial charge in [0.2, 0.25) is 0 Å². The van der Waals surface area contributed by atoms with Gasteiger partial charge < -0.3 is 10.2 Å². The number of rotatable bonds is 5. The molecule has 0 radical (unpaired) electrons. The van der Waals surface area contributed by atoms with E-state index in [9.17, 15) is 4.79 Å². The summed E-state index contributed by atoms with van der Waals surface area (Å²) < 4.78 is 1.05. The van der Waals surface area contributed by atoms with Crippen LogP contribution in [0.3, 0.4) is 0 Å². The van der Waals surface area contributed by atoms with E-state index in [0.717, 1.165) is 27.2 Å². The fraction of sp³-hybridized carbons (Fsp3) is 0.235. The SMILES string of the molecule is Cc1cc(NC(=O)C[NH+](C)Cc2ccccc2)ccc1Br. The van der Waals surface area contributed by atoms with E-state index in [1.807, 2.05) is 50.4 Å². The maximum Gasteiger partial charge on any atom is 0.279 e. The second-order valence-corrected chi connectivity index (χ2v) is 6.16. The van der Waals surface area contributed by atoms with Crippen LogP contribution in [-0.2, 0) is 11.3 Å². The van der Waals surface area contributed by atoms with Crippen molar-refractivity contribution in [2.45, 2.75) is 13.5 Å². The third kappa shape index (κ3) is 4.99. The highest BCUT2D eigenvalue weighted by Gasteiger charge is 2.11. The lowest BCUT2D eigenvalue weighted by molar-refractivity contribution is -0.885. The lowest BCUT2D eigenvalue weighted by atomic mass is 10.2. The Morgan fingerprint density at radius 1 is 1.19 bits per heavy atom. The molecule has 3 nitrogen and oxygen atoms in total. The molecule has 0 fully saturated rings. The third-order valence-electron chi connectivity index (χ3n) is 3.25. The first-order valence-electron chi connectivity index (χ1n) is 6.96. The van der Waals surface area contributed by atoms with Crippen LogP contribution in [0.1, 0.15) is 11.1 Å². The number of amides is 1. The molecule has 0 heterocycles. The molecular weight excluding hydrogens is 328 g/mol. The number of halogens is 1. The summed E-state index contributed by atoms with van der Waals surface area (Å²) in [6.07, 6.45) is 0. The zero-order valence-electron chi connectivity index (χ0n) is 12.3. The van der Waals surface area contributed by atoms with Gasteiger partial charge in [-0.3, -0.25) is 4.79 Å². The van der Waals surface area contributed by atoms with Crippen molar-refractivity contribution < 1.29 is 9.69 Å². The highest BCUT2D eigenvalue weighted by Crippen LogP contribution is 2.19. The molecule has 21 heavy (non-hydrogen) atoms. The van der Waals surface area contributed by atoms with Crippen LogP contribution in [0.15, 0.2) is 53.0 Å². The van der Waals surface area contributed by atoms with E-state index in [4.69, 9.17) is 0 Å². The maximum atomic E-state index is 12.1. The molecule has 0 aliphatic carbocycles. The largest absolute Gasteiger partial charge is 0.326 e. The van der Waals surface area contributed by atoms with Gasteiger partial charge in [0.1, 0.15) is 6.54 Å². The van der Waals surface area contributed by atoms with Crippen molar-refractivity contribution in [3.63, 3.8) is 0 Å². The minimum absolute atomic E-state index is 0.0325. The van der Waals surface area contributed by atoms with Gasteiger partial charge in [-0.2, -0.15) is 0 Å². The van der Waals surface area contributed by atoms with Crippen LogP contribution in [0.5, 0.6) is 0 Å². The van der Waals surface area contributed by atoms with Crippen molar-refractivity contribution in [3.8, 4) is 0 Å². The summed E-state index contributed by atoms with van der Waals surface area (Å²) in [4.78, 5) is 13.2. The Morgan fingerprint density at radius 3 is 2.57 bits per heavy atom. The summed E-state index contributed by atoms with van der Waals surface area (Å²) in [5, 5.41) is 2.95. The Hall–Kier alpha value is -1.65. The van der Waals surface area contributed by atoms with E-state index < -0.39 is 0 Å². The molecule has 1 unspecified atom stereocenters. The van der Waals surface area contributed by atoms with Crippen molar-refractivity contribution in [3.05, 3.63) is 64.1 Å². The van der Waals surface area contributed by atoms with Gasteiger partial charge in [0, 0.05) is 15.7 Å². The van der Waals surface area contributed by atoms with Crippen molar-refractivity contribution in [1.82, 2.24) is 0 Å². The monoisotopic (exact) mass is 347 g/mol. The Morgan fingerprint density at radius 2 is 1.90 bits per heavy atom. The molecule has 0 saturated heterocycles. The third-order valence-corrected chi connectivity index (χ3v) is 4.14. The molecule has 1 amide bonds. The van der Waals surface area contributed by atoms with Gasteiger partial charge in [-0.1, -0.05) is 46.3 Å². The summed E-state index contributed by atoms with van der Waals surface area (Å²) in [7, 11) is 2.03. The van der Waals surface area contributed by atoms with Crippen LogP contribution >= 0.6 is 15.9 Å². The number of aryl methyl sites for hydroxylation is 1. The number of likely N-dealkylation sites (N-methyl/N-ethyl adjacent to an activating group) is 1. The first kappa shape index (κ1) is 15.7. The van der Waals surface area contributed by atoms with Crippen LogP contribution in [0.2, 0.25) is 0 Å². The fourth-order valence-electron chi connectivity index (χ4n) is 2.21. The van der Waals surface area contributed by atoms with E-state index in [2.05, 4.69) is 33.4 Å². The number of nitrogens with one attached hydrogen (secondary N) is 2. The maximum absolute atomic E-state index is 12.1. The Kier molecular flexibility index (Phi) is 5.53. The van der Waals surface area contributed by atoms with Gasteiger partial charge in [-0.25, -0.2) is 0 Å². The standard InChI is InChI=1S/C17H19BrN2O/c1-13-10-15(8-9-16(13)18)19-17(21)12-20(2)11-14-6-4-3-5-7-14/h3-10H,11-12H2,1-2H3,(H,19,21)/p+1. The summed E-state index contributed by atoms with van der Waals surface area (Å²) in [5.74, 6) is 0.0325. The number of hydrogen-bond acceptors (Lipinski definition) is 1. The number of carbonyl (C=O) groups excluding carboxylic acids is 1. The van der Waals surface area contributed by atoms with E-state index in [1.54, 1.807) is 0 Å². The first-order chi connectivity index (χ1) is 10.0. The predicted octanol–water partition coefficient (Wildman–Crippen LogP) is 2.41. The smallest absolute Gasteiger partial charge is 0.279 e. The molecule has 4 heteroatoms. The van der Waals surface area contributed by atoms with Crippen molar-refractivity contribution in [2.24, 2.45) is 0 Å². The number of anilines is 1. The average molecular weight is 348 g/mol. The summed E-state index contributed by atoms with van der Waals surface area (Å²) in [6.45, 7) is 3.30. The molecule has 110 valence electrons. The molecule has 2 aromatic rings. The number of quaternary nitrogens is 1. The molecule has 0 spiro atoms. The van der Waals surface area contributed by atoms with Crippen LogP contribution in [0.4, 0.5) is 5.69 Å². The molecule has 0 saturated carbocycles. The number of carbonyl (C=O) groups is 1. The molecule has 0 aromatic heterocycles. The van der Waals surface area contributed by atoms with E-state index in [-0.39, 0.29) is 5.91 Å². The van der Waals surface area contributed by atoms with Gasteiger partial charge in [0.15, 0.2) is 6.54 Å². The minimum atomic E-state index is 0.0325. The molecule has 2 aromatic carbocycles. The zero-order chi connectivity index (χ0) is 15.2. The molecule has 1 atom stereocenters. The van der Waals surface area contributed by atoms with Gasteiger partial charge in [0.25, 0.3) is 5.91 Å². The molecule has 0 aliphatic heterocycles. The lowest BCUT2D eigenvalue weighted by Crippen LogP contribution is -3.08. The Bertz CT molecular complexity index is 613. The second-order valence-electron chi connectivity index (χ2n) is 5.31. The Balaban J connectivity index is 1.87. The van der Waals surface area contributed by atoms with Gasteiger partial charge in [0.05, 0.1) is 7.05 Å². The zero-order valence-corrected chi connectivity index (χ0v) is 13.9. The normalized spacial score (nSPS) is 12.0. The summed E-state index contributed by atoms with van der Waals surface area (Å²) in [6, 6.07) is 16.0. The fourth-order valence-corrected chi connectivity index (χ4v) is 2.46. The minimum Gasteiger partial charge on any atom is -0.326 e. The number of benzene rings is 2. The van der Waals surface area contributed by atoms with Crippen LogP contribution in [0.25, 0.3) is 0 Å². The van der Waals surface area contributed by atoms with Crippen molar-refractivity contribution in [1.29, 1.82) is 0 Å². The second kappa shape index (κ2) is 7.38. The number of hydrogen-bond donors (Lipinski definition) is 2. The van der Waals surface area contributed by atoms with Crippen LogP contribution in [-0.4, -0.2) is 19.5 Å². The molecule has 2 rings (SSSR count). The van der Waals surface area contributed by atoms with Gasteiger partial charge in [-0.15, -0.1) is 0 Å². The molecular formula is C17H20BrN2O+. The van der Waals surface area contributed by atoms with E-state index in [1.165, 1.54) is 5.56 Å². The highest BCUT2D eigenvalue weighted by molar-refractivity contribution is 9.10. The highest BCUT2D eigenvalue weighted by atomic mass is 79.9. The topological polar surface area (TPSA) is 33.5 Å².